The molecule has 2 heterocycles. The molecule has 1 aliphatic rings. The van der Waals surface area contributed by atoms with E-state index in [2.05, 4.69) is 15.1 Å². The summed E-state index contributed by atoms with van der Waals surface area (Å²) in [6, 6.07) is 5.72. The van der Waals surface area contributed by atoms with Crippen LogP contribution in [0.15, 0.2) is 24.3 Å². The molecule has 1 saturated heterocycles. The van der Waals surface area contributed by atoms with Crippen LogP contribution in [0.2, 0.25) is 5.02 Å². The van der Waals surface area contributed by atoms with Crippen LogP contribution in [0.25, 0.3) is 0 Å². The van der Waals surface area contributed by atoms with Gasteiger partial charge < -0.3 is 15.4 Å². The highest BCUT2D eigenvalue weighted by atomic mass is 35.5. The normalized spacial score (nSPS) is 15.7. The number of aromatic nitrogens is 2. The van der Waals surface area contributed by atoms with E-state index >= 15 is 0 Å². The molecule has 0 spiro atoms. The number of H-pyrrole nitrogens is 1. The second-order valence-electron chi connectivity index (χ2n) is 7.01. The Morgan fingerprint density at radius 3 is 2.83 bits per heavy atom. The average molecular weight is 446 g/mol. The summed E-state index contributed by atoms with van der Waals surface area (Å²) in [5.41, 5.74) is 5.57. The summed E-state index contributed by atoms with van der Waals surface area (Å²) in [5.74, 6) is -0.608. The summed E-state index contributed by atoms with van der Waals surface area (Å²) >= 11 is 6.24. The third kappa shape index (κ3) is 5.65. The van der Waals surface area contributed by atoms with Gasteiger partial charge in [0.2, 0.25) is 0 Å². The zero-order valence-corrected chi connectivity index (χ0v) is 17.0. The molecule has 3 N–H and O–H groups in total. The fourth-order valence-electron chi connectivity index (χ4n) is 3.22. The second kappa shape index (κ2) is 9.67. The van der Waals surface area contributed by atoms with Crippen LogP contribution in [0, 0.1) is 0 Å². The van der Waals surface area contributed by atoms with E-state index < -0.39 is 17.8 Å². The summed E-state index contributed by atoms with van der Waals surface area (Å²) in [4.78, 5) is 16.6. The Labute approximate surface area is 176 Å². The van der Waals surface area contributed by atoms with Crippen molar-refractivity contribution in [1.29, 1.82) is 0 Å². The van der Waals surface area contributed by atoms with Gasteiger partial charge in [0.15, 0.2) is 5.69 Å². The fourth-order valence-corrected chi connectivity index (χ4v) is 3.46. The molecular weight excluding hydrogens is 423 g/mol. The Bertz CT molecular complexity index is 846. The number of benzene rings is 1. The van der Waals surface area contributed by atoms with E-state index in [4.69, 9.17) is 22.1 Å². The van der Waals surface area contributed by atoms with Gasteiger partial charge in [-0.1, -0.05) is 17.7 Å². The number of nitrogen functional groups attached to an aromatic ring is 1. The molecule has 3 rings (SSSR count). The van der Waals surface area contributed by atoms with Crippen molar-refractivity contribution in [3.63, 3.8) is 0 Å². The number of ether oxygens (including phenoxy) is 1. The molecule has 1 aromatic heterocycles. The molecule has 0 atom stereocenters. The molecule has 11 heteroatoms. The minimum absolute atomic E-state index is 0.0645. The highest BCUT2D eigenvalue weighted by molar-refractivity contribution is 6.31. The van der Waals surface area contributed by atoms with E-state index in [1.54, 1.807) is 18.2 Å². The van der Waals surface area contributed by atoms with E-state index in [1.165, 1.54) is 4.90 Å². The third-order valence-corrected chi connectivity index (χ3v) is 5.25. The van der Waals surface area contributed by atoms with Crippen molar-refractivity contribution in [2.24, 2.45) is 0 Å². The zero-order valence-electron chi connectivity index (χ0n) is 16.2. The van der Waals surface area contributed by atoms with Crippen molar-refractivity contribution in [2.75, 3.05) is 45.1 Å². The number of carbonyl (C=O) groups is 1. The lowest BCUT2D eigenvalue weighted by atomic mass is 10.1. The molecule has 7 nitrogen and oxygen atoms in total. The van der Waals surface area contributed by atoms with Gasteiger partial charge in [-0.25, -0.2) is 0 Å². The monoisotopic (exact) mass is 445 g/mol. The molecule has 0 aliphatic carbocycles. The van der Waals surface area contributed by atoms with Crippen LogP contribution in [-0.4, -0.2) is 65.3 Å². The van der Waals surface area contributed by atoms with E-state index in [0.29, 0.717) is 42.1 Å². The summed E-state index contributed by atoms with van der Waals surface area (Å²) in [6.07, 6.45) is -3.76. The number of nitrogens with two attached hydrogens (primary N) is 1. The fraction of sp³-hybridized carbons (Fsp3) is 0.474. The molecule has 0 saturated carbocycles. The number of halogens is 4. The van der Waals surface area contributed by atoms with Crippen molar-refractivity contribution >= 4 is 23.2 Å². The summed E-state index contributed by atoms with van der Waals surface area (Å²) in [6.45, 7) is 3.71. The molecule has 1 fully saturated rings. The molecule has 0 unspecified atom stereocenters. The van der Waals surface area contributed by atoms with Crippen molar-refractivity contribution in [3.05, 3.63) is 46.2 Å². The maximum Gasteiger partial charge on any atom is 0.435 e. The number of anilines is 1. The van der Waals surface area contributed by atoms with Crippen LogP contribution in [0.1, 0.15) is 28.2 Å². The highest BCUT2D eigenvalue weighted by Crippen LogP contribution is 2.28. The lowest BCUT2D eigenvalue weighted by Crippen LogP contribution is -2.39. The van der Waals surface area contributed by atoms with Crippen molar-refractivity contribution in [2.45, 2.75) is 19.1 Å². The van der Waals surface area contributed by atoms with Crippen LogP contribution in [0.5, 0.6) is 0 Å². The maximum absolute atomic E-state index is 13.0. The Kier molecular flexibility index (Phi) is 7.22. The molecular formula is C19H23ClF3N5O2. The van der Waals surface area contributed by atoms with Crippen molar-refractivity contribution in [1.82, 2.24) is 20.0 Å². The zero-order chi connectivity index (χ0) is 21.7. The molecule has 30 heavy (non-hydrogen) atoms. The minimum atomic E-state index is -4.64. The van der Waals surface area contributed by atoms with Crippen LogP contribution >= 0.6 is 11.6 Å². The number of carbonyl (C=O) groups excluding carboxylic acids is 1. The molecule has 2 aromatic rings. The van der Waals surface area contributed by atoms with E-state index in [0.717, 1.165) is 19.5 Å². The number of hydrogen-bond donors (Lipinski definition) is 2. The first-order chi connectivity index (χ1) is 14.3. The first-order valence-electron chi connectivity index (χ1n) is 9.50. The number of nitrogens with one attached hydrogen (secondary N) is 1. The van der Waals surface area contributed by atoms with Crippen molar-refractivity contribution in [3.8, 4) is 0 Å². The van der Waals surface area contributed by atoms with Gasteiger partial charge in [0.1, 0.15) is 5.69 Å². The number of hydrogen-bond acceptors (Lipinski definition) is 5. The molecule has 0 radical (unpaired) electrons. The van der Waals surface area contributed by atoms with Crippen LogP contribution in [-0.2, 0) is 17.5 Å². The Morgan fingerprint density at radius 2 is 2.13 bits per heavy atom. The van der Waals surface area contributed by atoms with Gasteiger partial charge in [-0.05, 0) is 18.6 Å². The minimum Gasteiger partial charge on any atom is -0.398 e. The summed E-state index contributed by atoms with van der Waals surface area (Å²) in [7, 11) is 0. The van der Waals surface area contributed by atoms with Crippen LogP contribution in [0.3, 0.4) is 0 Å². The number of rotatable bonds is 6. The maximum atomic E-state index is 13.0. The predicted octanol–water partition coefficient (Wildman–Crippen LogP) is 3.03. The predicted molar refractivity (Wildman–Crippen MR) is 106 cm³/mol. The Hall–Kier alpha value is -2.30. The van der Waals surface area contributed by atoms with Crippen LogP contribution in [0.4, 0.5) is 18.9 Å². The quantitative estimate of drug-likeness (QED) is 0.667. The largest absolute Gasteiger partial charge is 0.435 e. The standard InChI is InChI=1S/C19H23ClF3N5O2/c20-14-3-1-4-15(24)13(14)12-28(7-6-27-5-2-9-30-10-8-27)18(29)16-11-17(26-25-16)19(21,22)23/h1,3-4,11H,2,5-10,12,24H2,(H,25,26). The van der Waals surface area contributed by atoms with Gasteiger partial charge in [-0.3, -0.25) is 14.8 Å². The van der Waals surface area contributed by atoms with E-state index in [1.807, 2.05) is 0 Å². The van der Waals surface area contributed by atoms with Gasteiger partial charge in [-0.2, -0.15) is 18.3 Å². The van der Waals surface area contributed by atoms with Gasteiger partial charge >= 0.3 is 6.18 Å². The lowest BCUT2D eigenvalue weighted by molar-refractivity contribution is -0.141. The second-order valence-corrected chi connectivity index (χ2v) is 7.41. The molecule has 1 amide bonds. The average Bonchev–Trinajstić information content (AvgIpc) is 3.06. The van der Waals surface area contributed by atoms with Gasteiger partial charge in [0.25, 0.3) is 5.91 Å². The molecule has 164 valence electrons. The molecule has 1 aliphatic heterocycles. The number of nitrogens with zero attached hydrogens (tertiary/aromatic N) is 3. The third-order valence-electron chi connectivity index (χ3n) is 4.89. The number of alkyl halides is 3. The topological polar surface area (TPSA) is 87.5 Å². The first kappa shape index (κ1) is 22.4. The highest BCUT2D eigenvalue weighted by Gasteiger charge is 2.35. The van der Waals surface area contributed by atoms with Crippen LogP contribution < -0.4 is 5.73 Å². The first-order valence-corrected chi connectivity index (χ1v) is 9.88. The SMILES string of the molecule is Nc1cccc(Cl)c1CN(CCN1CCCOCC1)C(=O)c1cc(C(F)(F)F)n[nH]1. The number of amides is 1. The van der Waals surface area contributed by atoms with Gasteiger partial charge in [0, 0.05) is 61.7 Å². The molecule has 0 bridgehead atoms. The Morgan fingerprint density at radius 1 is 1.33 bits per heavy atom. The van der Waals surface area contributed by atoms with E-state index in [9.17, 15) is 18.0 Å². The Balaban J connectivity index is 1.80. The number of aromatic amines is 1. The summed E-state index contributed by atoms with van der Waals surface area (Å²) < 4.78 is 44.1. The lowest BCUT2D eigenvalue weighted by Gasteiger charge is -2.27. The van der Waals surface area contributed by atoms with Gasteiger partial charge in [0.05, 0.1) is 6.61 Å². The summed E-state index contributed by atoms with van der Waals surface area (Å²) in [5, 5.41) is 5.80. The molecule has 1 aromatic carbocycles. The van der Waals surface area contributed by atoms with Crippen molar-refractivity contribution < 1.29 is 22.7 Å². The van der Waals surface area contributed by atoms with Gasteiger partial charge in [-0.15, -0.1) is 0 Å². The van der Waals surface area contributed by atoms with E-state index in [-0.39, 0.29) is 18.8 Å². The smallest absolute Gasteiger partial charge is 0.398 e.